The number of alkyl halides is 3. The predicted molar refractivity (Wildman–Crippen MR) is 127 cm³/mol. The molecule has 0 radical (unpaired) electrons. The molecule has 2 aromatic rings. The van der Waals surface area contributed by atoms with Crippen molar-refractivity contribution in [3.8, 4) is 0 Å². The maximum absolute atomic E-state index is 15.0. The molecule has 4 rings (SSSR count). The summed E-state index contributed by atoms with van der Waals surface area (Å²) in [5.74, 6) is -2.08. The average molecular weight is 530 g/mol. The molecule has 1 aromatic heterocycles. The fourth-order valence-electron chi connectivity index (χ4n) is 3.79. The molecule has 0 spiro atoms. The van der Waals surface area contributed by atoms with E-state index in [1.54, 1.807) is 27.7 Å². The number of carbonyl (C=O) groups excluding carboxylic acids is 1. The molecule has 2 N–H and O–H groups in total. The van der Waals surface area contributed by atoms with Crippen molar-refractivity contribution in [3.05, 3.63) is 46.4 Å². The number of benzene rings is 1. The lowest BCUT2D eigenvalue weighted by molar-refractivity contribution is -0.137. The Bertz CT molecular complexity index is 1160. The zero-order chi connectivity index (χ0) is 26.5. The minimum atomic E-state index is -4.73. The van der Waals surface area contributed by atoms with E-state index in [1.165, 1.54) is 6.07 Å². The molecule has 0 bridgehead atoms. The molecule has 1 unspecified atom stereocenters. The summed E-state index contributed by atoms with van der Waals surface area (Å²) < 4.78 is 72.8. The van der Waals surface area contributed by atoms with Gasteiger partial charge >= 0.3 is 13.3 Å². The molecule has 194 valence electrons. The van der Waals surface area contributed by atoms with Gasteiger partial charge in [0.15, 0.2) is 0 Å². The molecule has 13 heteroatoms. The van der Waals surface area contributed by atoms with Gasteiger partial charge in [-0.15, -0.1) is 0 Å². The molecular formula is C23H25BClF4N3O4. The number of halogens is 5. The van der Waals surface area contributed by atoms with Gasteiger partial charge < -0.3 is 24.7 Å². The molecule has 1 atom stereocenters. The smallest absolute Gasteiger partial charge is 0.399 e. The molecule has 2 aliphatic rings. The van der Waals surface area contributed by atoms with E-state index in [-0.39, 0.29) is 40.2 Å². The highest BCUT2D eigenvalue weighted by Crippen LogP contribution is 2.38. The minimum Gasteiger partial charge on any atom is -0.399 e. The first kappa shape index (κ1) is 26.7. The molecule has 3 heterocycles. The maximum Gasteiger partial charge on any atom is 0.497 e. The Morgan fingerprint density at radius 1 is 1.17 bits per heavy atom. The van der Waals surface area contributed by atoms with Crippen LogP contribution in [0.4, 0.5) is 29.1 Å². The topological polar surface area (TPSA) is 81.7 Å². The summed E-state index contributed by atoms with van der Waals surface area (Å²) >= 11 is 6.25. The van der Waals surface area contributed by atoms with Crippen LogP contribution >= 0.6 is 11.6 Å². The normalized spacial score (nSPS) is 21.0. The third-order valence-electron chi connectivity index (χ3n) is 6.56. The van der Waals surface area contributed by atoms with Gasteiger partial charge in [-0.25, -0.2) is 9.37 Å². The number of aromatic nitrogens is 1. The van der Waals surface area contributed by atoms with Crippen molar-refractivity contribution < 1.29 is 36.4 Å². The van der Waals surface area contributed by atoms with E-state index in [9.17, 15) is 22.4 Å². The Kier molecular flexibility index (Phi) is 7.02. The highest BCUT2D eigenvalue weighted by Gasteiger charge is 2.52. The van der Waals surface area contributed by atoms with E-state index in [1.807, 2.05) is 0 Å². The predicted octanol–water partition coefficient (Wildman–Crippen LogP) is 4.65. The van der Waals surface area contributed by atoms with Gasteiger partial charge in [0.1, 0.15) is 11.6 Å². The number of nitrogens with one attached hydrogen (secondary N) is 2. The lowest BCUT2D eigenvalue weighted by Crippen LogP contribution is -2.41. The fourth-order valence-corrected chi connectivity index (χ4v) is 4.05. The second-order valence-electron chi connectivity index (χ2n) is 9.72. The molecular weight excluding hydrogens is 505 g/mol. The summed E-state index contributed by atoms with van der Waals surface area (Å²) in [4.78, 5) is 16.6. The Balaban J connectivity index is 1.55. The zero-order valence-electron chi connectivity index (χ0n) is 20.1. The van der Waals surface area contributed by atoms with Crippen LogP contribution in [0.2, 0.25) is 5.02 Å². The number of ether oxygens (including phenoxy) is 1. The summed E-state index contributed by atoms with van der Waals surface area (Å²) in [6, 6.07) is 2.56. The number of carbonyl (C=O) groups is 1. The Morgan fingerprint density at radius 3 is 2.42 bits per heavy atom. The SMILES string of the molecule is CC1(C)OB(c2cc(Cl)c(C(=O)Nc3cnc(NC4CCOC4)c(C(F)(F)F)c3)cc2F)OC1(C)C. The average Bonchev–Trinajstić information content (AvgIpc) is 3.34. The monoisotopic (exact) mass is 529 g/mol. The van der Waals surface area contributed by atoms with E-state index < -0.39 is 41.8 Å². The van der Waals surface area contributed by atoms with Crippen molar-refractivity contribution in [1.29, 1.82) is 0 Å². The summed E-state index contributed by atoms with van der Waals surface area (Å²) in [5, 5.41) is 4.91. The standard InChI is InChI=1S/C23H25BClF4N3O4/c1-21(2)22(3,4)36-24(35-21)16-9-17(25)14(8-18(16)26)20(33)32-13-7-15(23(27,28)29)19(30-10-13)31-12-5-6-34-11-12/h7-10,12H,5-6,11H2,1-4H3,(H,30,31)(H,32,33). The molecule has 1 amide bonds. The Morgan fingerprint density at radius 2 is 1.83 bits per heavy atom. The Hall–Kier alpha value is -2.41. The van der Waals surface area contributed by atoms with Gasteiger partial charge in [-0.2, -0.15) is 13.2 Å². The number of amides is 1. The van der Waals surface area contributed by atoms with Crippen LogP contribution in [0.25, 0.3) is 0 Å². The van der Waals surface area contributed by atoms with Gasteiger partial charge in [0.05, 0.1) is 51.9 Å². The van der Waals surface area contributed by atoms with Crippen molar-refractivity contribution in [3.63, 3.8) is 0 Å². The first-order valence-corrected chi connectivity index (χ1v) is 11.6. The lowest BCUT2D eigenvalue weighted by atomic mass is 9.78. The van der Waals surface area contributed by atoms with Gasteiger partial charge in [-0.05, 0) is 52.3 Å². The van der Waals surface area contributed by atoms with Crippen LogP contribution < -0.4 is 16.1 Å². The van der Waals surface area contributed by atoms with E-state index in [0.717, 1.165) is 18.3 Å². The van der Waals surface area contributed by atoms with Crippen LogP contribution in [-0.2, 0) is 20.2 Å². The van der Waals surface area contributed by atoms with Gasteiger partial charge in [-0.1, -0.05) is 11.6 Å². The minimum absolute atomic E-state index is 0.00236. The number of pyridine rings is 1. The van der Waals surface area contributed by atoms with Gasteiger partial charge in [0, 0.05) is 12.1 Å². The molecule has 2 aliphatic heterocycles. The quantitative estimate of drug-likeness (QED) is 0.434. The van der Waals surface area contributed by atoms with E-state index in [2.05, 4.69) is 15.6 Å². The summed E-state index contributed by atoms with van der Waals surface area (Å²) in [6.45, 7) is 7.93. The molecule has 36 heavy (non-hydrogen) atoms. The number of nitrogens with zero attached hydrogens (tertiary/aromatic N) is 1. The first-order valence-electron chi connectivity index (χ1n) is 11.3. The molecule has 2 saturated heterocycles. The molecule has 0 saturated carbocycles. The van der Waals surface area contributed by atoms with Gasteiger partial charge in [0.25, 0.3) is 5.91 Å². The van der Waals surface area contributed by atoms with Gasteiger partial charge in [-0.3, -0.25) is 4.79 Å². The van der Waals surface area contributed by atoms with Crippen LogP contribution in [0, 0.1) is 5.82 Å². The van der Waals surface area contributed by atoms with Crippen molar-refractivity contribution >= 4 is 41.6 Å². The third-order valence-corrected chi connectivity index (χ3v) is 6.87. The maximum atomic E-state index is 15.0. The van der Waals surface area contributed by atoms with Gasteiger partial charge in [0.2, 0.25) is 0 Å². The van der Waals surface area contributed by atoms with Crippen molar-refractivity contribution in [2.24, 2.45) is 0 Å². The van der Waals surface area contributed by atoms with Crippen molar-refractivity contribution in [2.45, 2.75) is 57.5 Å². The summed E-state index contributed by atoms with van der Waals surface area (Å²) in [6.07, 6.45) is -3.11. The van der Waals surface area contributed by atoms with Crippen LogP contribution in [0.3, 0.4) is 0 Å². The molecule has 7 nitrogen and oxygen atoms in total. The molecule has 0 aliphatic carbocycles. The van der Waals surface area contributed by atoms with Crippen LogP contribution in [0.1, 0.15) is 50.0 Å². The van der Waals surface area contributed by atoms with Crippen LogP contribution in [0.5, 0.6) is 0 Å². The third kappa shape index (κ3) is 5.31. The second kappa shape index (κ2) is 9.48. The van der Waals surface area contributed by atoms with E-state index in [4.69, 9.17) is 25.6 Å². The Labute approximate surface area is 211 Å². The highest BCUT2D eigenvalue weighted by atomic mass is 35.5. The fraction of sp³-hybridized carbons (Fsp3) is 0.478. The molecule has 1 aromatic carbocycles. The summed E-state index contributed by atoms with van der Waals surface area (Å²) in [5.41, 5.74) is -2.99. The zero-order valence-corrected chi connectivity index (χ0v) is 20.8. The number of rotatable bonds is 5. The first-order chi connectivity index (χ1) is 16.7. The van der Waals surface area contributed by atoms with E-state index in [0.29, 0.717) is 13.0 Å². The van der Waals surface area contributed by atoms with Crippen LogP contribution in [0.15, 0.2) is 24.4 Å². The highest BCUT2D eigenvalue weighted by molar-refractivity contribution is 6.62. The van der Waals surface area contributed by atoms with E-state index >= 15 is 0 Å². The number of hydrogen-bond acceptors (Lipinski definition) is 6. The molecule has 2 fully saturated rings. The largest absolute Gasteiger partial charge is 0.497 e. The number of hydrogen-bond donors (Lipinski definition) is 2. The second-order valence-corrected chi connectivity index (χ2v) is 10.1. The van der Waals surface area contributed by atoms with Crippen LogP contribution in [-0.4, -0.2) is 48.5 Å². The van der Waals surface area contributed by atoms with Crippen molar-refractivity contribution in [1.82, 2.24) is 4.98 Å². The number of anilines is 2. The summed E-state index contributed by atoms with van der Waals surface area (Å²) in [7, 11) is -1.05. The lowest BCUT2D eigenvalue weighted by Gasteiger charge is -2.32. The van der Waals surface area contributed by atoms with Crippen molar-refractivity contribution in [2.75, 3.05) is 23.8 Å².